The van der Waals surface area contributed by atoms with E-state index in [2.05, 4.69) is 14.9 Å². The van der Waals surface area contributed by atoms with Gasteiger partial charge >= 0.3 is 5.97 Å². The van der Waals surface area contributed by atoms with Gasteiger partial charge in [0.25, 0.3) is 0 Å². The fourth-order valence-electron chi connectivity index (χ4n) is 2.15. The highest BCUT2D eigenvalue weighted by molar-refractivity contribution is 5.78. The Kier molecular flexibility index (Phi) is 3.57. The molecule has 1 atom stereocenters. The second kappa shape index (κ2) is 5.01. The van der Waals surface area contributed by atoms with Crippen LogP contribution in [0.3, 0.4) is 0 Å². The van der Waals surface area contributed by atoms with E-state index in [0.717, 1.165) is 16.9 Å². The third-order valence-electron chi connectivity index (χ3n) is 3.70. The molecule has 2 N–H and O–H groups in total. The number of carboxylic acid groups (broad SMARTS) is 1. The van der Waals surface area contributed by atoms with Gasteiger partial charge in [-0.1, -0.05) is 12.1 Å². The fraction of sp³-hybridized carbons (Fsp3) is 0.429. The van der Waals surface area contributed by atoms with Crippen LogP contribution in [-0.2, 0) is 11.3 Å². The van der Waals surface area contributed by atoms with Gasteiger partial charge in [0.15, 0.2) is 0 Å². The second-order valence-electron chi connectivity index (χ2n) is 4.94. The lowest BCUT2D eigenvalue weighted by Crippen LogP contribution is -2.48. The van der Waals surface area contributed by atoms with E-state index in [9.17, 15) is 9.90 Å². The standard InChI is InChI=1S/C14H19N3O2/c1-10-16-11-6-4-5-7-12(11)17(10)9-8-14(2,15-3)13(18)19/h4-7,15H,8-9H2,1-3H3,(H,18,19). The minimum absolute atomic E-state index is 0.500. The zero-order valence-corrected chi connectivity index (χ0v) is 11.5. The Balaban J connectivity index is 2.27. The number of aryl methyl sites for hydroxylation is 2. The molecule has 0 saturated carbocycles. The maximum Gasteiger partial charge on any atom is 0.323 e. The summed E-state index contributed by atoms with van der Waals surface area (Å²) in [5.41, 5.74) is 1.07. The van der Waals surface area contributed by atoms with Crippen LogP contribution in [0.25, 0.3) is 11.0 Å². The molecule has 0 aliphatic carbocycles. The van der Waals surface area contributed by atoms with Crippen LogP contribution in [0.1, 0.15) is 19.2 Å². The van der Waals surface area contributed by atoms with Gasteiger partial charge in [0.2, 0.25) is 0 Å². The van der Waals surface area contributed by atoms with Crippen molar-refractivity contribution >= 4 is 17.0 Å². The average molecular weight is 261 g/mol. The van der Waals surface area contributed by atoms with Gasteiger partial charge < -0.3 is 15.0 Å². The summed E-state index contributed by atoms with van der Waals surface area (Å²) in [7, 11) is 1.67. The minimum atomic E-state index is -0.919. The third kappa shape index (κ3) is 2.46. The van der Waals surface area contributed by atoms with Gasteiger partial charge in [0.1, 0.15) is 11.4 Å². The van der Waals surface area contributed by atoms with Crippen LogP contribution in [0.15, 0.2) is 24.3 Å². The molecule has 1 unspecified atom stereocenters. The molecule has 5 nitrogen and oxygen atoms in total. The molecular formula is C14H19N3O2. The van der Waals surface area contributed by atoms with E-state index in [1.54, 1.807) is 14.0 Å². The predicted molar refractivity (Wildman–Crippen MR) is 74.2 cm³/mol. The number of nitrogens with zero attached hydrogens (tertiary/aromatic N) is 2. The Morgan fingerprint density at radius 3 is 2.79 bits per heavy atom. The summed E-state index contributed by atoms with van der Waals surface area (Å²) in [6, 6.07) is 7.89. The number of fused-ring (bicyclic) bond motifs is 1. The molecule has 5 heteroatoms. The van der Waals surface area contributed by atoms with Crippen LogP contribution in [0.5, 0.6) is 0 Å². The minimum Gasteiger partial charge on any atom is -0.480 e. The van der Waals surface area contributed by atoms with Crippen molar-refractivity contribution in [3.05, 3.63) is 30.1 Å². The Labute approximate surface area is 112 Å². The number of benzene rings is 1. The molecule has 1 aromatic heterocycles. The zero-order chi connectivity index (χ0) is 14.0. The molecule has 2 aromatic rings. The second-order valence-corrected chi connectivity index (χ2v) is 4.94. The van der Waals surface area contributed by atoms with E-state index in [1.165, 1.54) is 0 Å². The summed E-state index contributed by atoms with van der Waals surface area (Å²) in [5.74, 6) is 0.0714. The highest BCUT2D eigenvalue weighted by atomic mass is 16.4. The van der Waals surface area contributed by atoms with Crippen molar-refractivity contribution in [3.63, 3.8) is 0 Å². The number of likely N-dealkylation sites (N-methyl/N-ethyl adjacent to an activating group) is 1. The number of rotatable bonds is 5. The van der Waals surface area contributed by atoms with E-state index in [-0.39, 0.29) is 0 Å². The number of hydrogen-bond acceptors (Lipinski definition) is 3. The molecule has 1 aromatic carbocycles. The Bertz CT molecular complexity index is 606. The quantitative estimate of drug-likeness (QED) is 0.861. The number of hydrogen-bond donors (Lipinski definition) is 2. The first-order chi connectivity index (χ1) is 8.98. The van der Waals surface area contributed by atoms with Gasteiger partial charge in [-0.2, -0.15) is 0 Å². The SMILES string of the molecule is CNC(C)(CCn1c(C)nc2ccccc21)C(=O)O. The molecule has 0 aliphatic rings. The number of aromatic nitrogens is 2. The molecule has 102 valence electrons. The average Bonchev–Trinajstić information content (AvgIpc) is 2.71. The summed E-state index contributed by atoms with van der Waals surface area (Å²) >= 11 is 0. The summed E-state index contributed by atoms with van der Waals surface area (Å²) in [4.78, 5) is 15.8. The molecule has 0 spiro atoms. The van der Waals surface area contributed by atoms with Gasteiger partial charge in [-0.25, -0.2) is 4.98 Å². The molecule has 0 fully saturated rings. The largest absolute Gasteiger partial charge is 0.480 e. The number of carbonyl (C=O) groups is 1. The number of aliphatic carboxylic acids is 1. The molecule has 0 aliphatic heterocycles. The van der Waals surface area contributed by atoms with Crippen LogP contribution in [0.2, 0.25) is 0 Å². The maximum atomic E-state index is 11.3. The number of imidazole rings is 1. The van der Waals surface area contributed by atoms with Crippen molar-refractivity contribution in [2.24, 2.45) is 0 Å². The van der Waals surface area contributed by atoms with Gasteiger partial charge in [-0.05, 0) is 39.4 Å². The smallest absolute Gasteiger partial charge is 0.323 e. The van der Waals surface area contributed by atoms with Crippen molar-refractivity contribution in [1.82, 2.24) is 14.9 Å². The molecule has 0 amide bonds. The van der Waals surface area contributed by atoms with Gasteiger partial charge in [0.05, 0.1) is 11.0 Å². The van der Waals surface area contributed by atoms with E-state index in [1.807, 2.05) is 31.2 Å². The maximum absolute atomic E-state index is 11.3. The summed E-state index contributed by atoms with van der Waals surface area (Å²) in [6.07, 6.45) is 0.500. The van der Waals surface area contributed by atoms with Crippen LogP contribution in [0, 0.1) is 6.92 Å². The topological polar surface area (TPSA) is 67.2 Å². The van der Waals surface area contributed by atoms with Crippen molar-refractivity contribution in [2.75, 3.05) is 7.05 Å². The first-order valence-electron chi connectivity index (χ1n) is 6.32. The molecule has 2 rings (SSSR count). The van der Waals surface area contributed by atoms with Crippen molar-refractivity contribution in [1.29, 1.82) is 0 Å². The van der Waals surface area contributed by atoms with Gasteiger partial charge in [-0.3, -0.25) is 4.79 Å². The first-order valence-corrected chi connectivity index (χ1v) is 6.32. The van der Waals surface area contributed by atoms with E-state index in [4.69, 9.17) is 0 Å². The van der Waals surface area contributed by atoms with Gasteiger partial charge in [0, 0.05) is 6.54 Å². The van der Waals surface area contributed by atoms with Crippen LogP contribution >= 0.6 is 0 Å². The highest BCUT2D eigenvalue weighted by Crippen LogP contribution is 2.18. The lowest BCUT2D eigenvalue weighted by atomic mass is 9.98. The molecule has 0 bridgehead atoms. The molecular weight excluding hydrogens is 242 g/mol. The predicted octanol–water partition coefficient (Wildman–Crippen LogP) is 1.80. The first kappa shape index (κ1) is 13.5. The lowest BCUT2D eigenvalue weighted by Gasteiger charge is -2.24. The summed E-state index contributed by atoms with van der Waals surface area (Å²) in [5, 5.41) is 12.1. The zero-order valence-electron chi connectivity index (χ0n) is 11.5. The number of nitrogens with one attached hydrogen (secondary N) is 1. The normalized spacial score (nSPS) is 14.5. The lowest BCUT2D eigenvalue weighted by molar-refractivity contribution is -0.144. The van der Waals surface area contributed by atoms with Crippen molar-refractivity contribution in [3.8, 4) is 0 Å². The number of para-hydroxylation sites is 2. The van der Waals surface area contributed by atoms with Gasteiger partial charge in [-0.15, -0.1) is 0 Å². The highest BCUT2D eigenvalue weighted by Gasteiger charge is 2.30. The summed E-state index contributed by atoms with van der Waals surface area (Å²) in [6.45, 7) is 4.26. The van der Waals surface area contributed by atoms with E-state index >= 15 is 0 Å². The summed E-state index contributed by atoms with van der Waals surface area (Å²) < 4.78 is 2.06. The van der Waals surface area contributed by atoms with Crippen LogP contribution < -0.4 is 5.32 Å². The monoisotopic (exact) mass is 261 g/mol. The number of carboxylic acids is 1. The van der Waals surface area contributed by atoms with Crippen LogP contribution in [0.4, 0.5) is 0 Å². The molecule has 0 saturated heterocycles. The molecule has 1 heterocycles. The Hall–Kier alpha value is -1.88. The molecule has 0 radical (unpaired) electrons. The Morgan fingerprint density at radius 1 is 1.47 bits per heavy atom. The van der Waals surface area contributed by atoms with Crippen molar-refractivity contribution in [2.45, 2.75) is 32.4 Å². The fourth-order valence-corrected chi connectivity index (χ4v) is 2.15. The van der Waals surface area contributed by atoms with Crippen LogP contribution in [-0.4, -0.2) is 33.2 Å². The van der Waals surface area contributed by atoms with Crippen molar-refractivity contribution < 1.29 is 9.90 Å². The van der Waals surface area contributed by atoms with E-state index < -0.39 is 11.5 Å². The molecule has 19 heavy (non-hydrogen) atoms. The van der Waals surface area contributed by atoms with E-state index in [0.29, 0.717) is 13.0 Å². The third-order valence-corrected chi connectivity index (χ3v) is 3.70. The Morgan fingerprint density at radius 2 is 2.16 bits per heavy atom.